The largest absolute Gasteiger partial charge is 0.484 e. The fraction of sp³-hybridized carbons (Fsp3) is 0.391. The lowest BCUT2D eigenvalue weighted by atomic mass is 9.97. The van der Waals surface area contributed by atoms with Crippen LogP contribution >= 0.6 is 0 Å². The molecule has 6 heteroatoms. The van der Waals surface area contributed by atoms with E-state index in [4.69, 9.17) is 4.74 Å². The Morgan fingerprint density at radius 3 is 2.28 bits per heavy atom. The van der Waals surface area contributed by atoms with E-state index in [0.717, 1.165) is 24.8 Å². The molecule has 1 heterocycles. The van der Waals surface area contributed by atoms with E-state index in [1.54, 1.807) is 36.4 Å². The highest BCUT2D eigenvalue weighted by Gasteiger charge is 2.28. The van der Waals surface area contributed by atoms with Gasteiger partial charge in [0.25, 0.3) is 11.8 Å². The summed E-state index contributed by atoms with van der Waals surface area (Å²) in [7, 11) is 0. The second-order valence-corrected chi connectivity index (χ2v) is 7.55. The third-order valence-electron chi connectivity index (χ3n) is 5.33. The maximum atomic E-state index is 12.9. The Morgan fingerprint density at radius 2 is 1.66 bits per heavy atom. The van der Waals surface area contributed by atoms with Gasteiger partial charge in [-0.25, -0.2) is 4.39 Å². The Morgan fingerprint density at radius 1 is 1.03 bits per heavy atom. The molecule has 1 N–H and O–H groups in total. The molecule has 29 heavy (non-hydrogen) atoms. The number of carbonyl (C=O) groups is 2. The molecule has 3 rings (SSSR count). The number of piperidine rings is 1. The van der Waals surface area contributed by atoms with Gasteiger partial charge in [-0.05, 0) is 75.1 Å². The first-order valence-corrected chi connectivity index (χ1v) is 10.0. The maximum Gasteiger partial charge on any atom is 0.260 e. The average molecular weight is 398 g/mol. The Balaban J connectivity index is 1.49. The summed E-state index contributed by atoms with van der Waals surface area (Å²) in [4.78, 5) is 26.7. The van der Waals surface area contributed by atoms with Gasteiger partial charge in [0, 0.05) is 24.2 Å². The number of likely N-dealkylation sites (tertiary alicyclic amines) is 1. The summed E-state index contributed by atoms with van der Waals surface area (Å²) < 4.78 is 18.6. The van der Waals surface area contributed by atoms with E-state index in [1.165, 1.54) is 12.1 Å². The minimum Gasteiger partial charge on any atom is -0.484 e. The first kappa shape index (κ1) is 20.8. The number of benzene rings is 2. The predicted molar refractivity (Wildman–Crippen MR) is 109 cm³/mol. The Labute approximate surface area is 170 Å². The molecule has 154 valence electrons. The monoisotopic (exact) mass is 398 g/mol. The number of nitrogens with one attached hydrogen (secondary N) is 1. The summed E-state index contributed by atoms with van der Waals surface area (Å²) in [6, 6.07) is 13.1. The van der Waals surface area contributed by atoms with Crippen molar-refractivity contribution in [2.45, 2.75) is 51.7 Å². The van der Waals surface area contributed by atoms with Gasteiger partial charge in [0.15, 0.2) is 6.61 Å². The van der Waals surface area contributed by atoms with Crippen LogP contribution in [0.25, 0.3) is 0 Å². The van der Waals surface area contributed by atoms with Gasteiger partial charge in [0.1, 0.15) is 11.6 Å². The number of rotatable bonds is 6. The van der Waals surface area contributed by atoms with Crippen molar-refractivity contribution < 1.29 is 18.7 Å². The van der Waals surface area contributed by atoms with Gasteiger partial charge < -0.3 is 15.0 Å². The highest BCUT2D eigenvalue weighted by Crippen LogP contribution is 2.23. The van der Waals surface area contributed by atoms with Gasteiger partial charge in [-0.3, -0.25) is 9.59 Å². The zero-order chi connectivity index (χ0) is 20.8. The smallest absolute Gasteiger partial charge is 0.260 e. The summed E-state index contributed by atoms with van der Waals surface area (Å²) in [6.45, 7) is 4.46. The molecule has 0 bridgehead atoms. The van der Waals surface area contributed by atoms with Gasteiger partial charge in [0.2, 0.25) is 0 Å². The van der Waals surface area contributed by atoms with Crippen molar-refractivity contribution >= 4 is 11.8 Å². The lowest BCUT2D eigenvalue weighted by Gasteiger charge is -2.38. The number of hydrogen-bond donors (Lipinski definition) is 1. The second kappa shape index (κ2) is 9.54. The molecular formula is C23H27FN2O3. The van der Waals surface area contributed by atoms with Crippen LogP contribution in [-0.4, -0.2) is 35.4 Å². The van der Waals surface area contributed by atoms with Crippen LogP contribution in [0.5, 0.6) is 5.75 Å². The van der Waals surface area contributed by atoms with Crippen LogP contribution in [0.15, 0.2) is 48.5 Å². The van der Waals surface area contributed by atoms with Crippen LogP contribution in [0.4, 0.5) is 4.39 Å². The van der Waals surface area contributed by atoms with Crippen LogP contribution in [0, 0.1) is 5.82 Å². The highest BCUT2D eigenvalue weighted by atomic mass is 19.1. The van der Waals surface area contributed by atoms with Crippen molar-refractivity contribution in [2.24, 2.45) is 0 Å². The number of ether oxygens (including phenoxy) is 1. The Hall–Kier alpha value is -2.89. The highest BCUT2D eigenvalue weighted by molar-refractivity contribution is 5.94. The normalized spacial score (nSPS) is 18.9. The molecule has 1 saturated heterocycles. The average Bonchev–Trinajstić information content (AvgIpc) is 2.72. The molecular weight excluding hydrogens is 371 g/mol. The van der Waals surface area contributed by atoms with Crippen LogP contribution in [0.1, 0.15) is 49.0 Å². The molecule has 2 aromatic rings. The van der Waals surface area contributed by atoms with E-state index in [9.17, 15) is 14.0 Å². The minimum absolute atomic E-state index is 0.00850. The topological polar surface area (TPSA) is 58.6 Å². The summed E-state index contributed by atoms with van der Waals surface area (Å²) in [5.41, 5.74) is 1.31. The number of nitrogens with zero attached hydrogens (tertiary/aromatic N) is 1. The molecule has 1 aliphatic rings. The third kappa shape index (κ3) is 5.56. The number of hydrogen-bond acceptors (Lipinski definition) is 3. The van der Waals surface area contributed by atoms with Gasteiger partial charge in [-0.2, -0.15) is 0 Å². The van der Waals surface area contributed by atoms with E-state index in [0.29, 0.717) is 17.9 Å². The van der Waals surface area contributed by atoms with Gasteiger partial charge >= 0.3 is 0 Å². The van der Waals surface area contributed by atoms with Crippen LogP contribution < -0.4 is 10.1 Å². The van der Waals surface area contributed by atoms with Gasteiger partial charge in [0.05, 0.1) is 0 Å². The quantitative estimate of drug-likeness (QED) is 0.802. The van der Waals surface area contributed by atoms with Crippen molar-refractivity contribution in [3.63, 3.8) is 0 Å². The lowest BCUT2D eigenvalue weighted by molar-refractivity contribution is -0.139. The summed E-state index contributed by atoms with van der Waals surface area (Å²) in [6.07, 6.45) is 3.20. The first-order chi connectivity index (χ1) is 13.9. The molecule has 0 aromatic heterocycles. The first-order valence-electron chi connectivity index (χ1n) is 10.0. The van der Waals surface area contributed by atoms with E-state index in [-0.39, 0.29) is 36.3 Å². The fourth-order valence-corrected chi connectivity index (χ4v) is 3.72. The molecule has 2 atom stereocenters. The minimum atomic E-state index is -0.307. The number of amides is 2. The fourth-order valence-electron chi connectivity index (χ4n) is 3.72. The summed E-state index contributed by atoms with van der Waals surface area (Å²) in [5, 5.41) is 2.79. The SMILES string of the molecule is CC1CCCC(C)N1C(=O)COc1ccc(C(=O)NCc2ccc(F)cc2)cc1. The van der Waals surface area contributed by atoms with Crippen LogP contribution in [0.2, 0.25) is 0 Å². The van der Waals surface area contributed by atoms with Crippen molar-refractivity contribution in [3.8, 4) is 5.75 Å². The number of halogens is 1. The lowest BCUT2D eigenvalue weighted by Crippen LogP contribution is -2.49. The van der Waals surface area contributed by atoms with E-state index < -0.39 is 0 Å². The summed E-state index contributed by atoms with van der Waals surface area (Å²) in [5.74, 6) is 0.00262. The molecule has 1 fully saturated rings. The van der Waals surface area contributed by atoms with Gasteiger partial charge in [-0.1, -0.05) is 12.1 Å². The van der Waals surface area contributed by atoms with Crippen molar-refractivity contribution in [2.75, 3.05) is 6.61 Å². The predicted octanol–water partition coefficient (Wildman–Crippen LogP) is 3.92. The van der Waals surface area contributed by atoms with E-state index in [1.807, 2.05) is 4.90 Å². The van der Waals surface area contributed by atoms with E-state index >= 15 is 0 Å². The van der Waals surface area contributed by atoms with Crippen LogP contribution in [0.3, 0.4) is 0 Å². The van der Waals surface area contributed by atoms with Crippen molar-refractivity contribution in [1.82, 2.24) is 10.2 Å². The molecule has 1 aliphatic heterocycles. The van der Waals surface area contributed by atoms with Gasteiger partial charge in [-0.15, -0.1) is 0 Å². The molecule has 0 spiro atoms. The Bertz CT molecular complexity index is 826. The van der Waals surface area contributed by atoms with Crippen molar-refractivity contribution in [3.05, 3.63) is 65.5 Å². The second-order valence-electron chi connectivity index (χ2n) is 7.55. The third-order valence-corrected chi connectivity index (χ3v) is 5.33. The molecule has 0 saturated carbocycles. The summed E-state index contributed by atoms with van der Waals surface area (Å²) >= 11 is 0. The molecule has 0 radical (unpaired) electrons. The zero-order valence-corrected chi connectivity index (χ0v) is 16.9. The molecule has 2 amide bonds. The molecule has 2 unspecified atom stereocenters. The van der Waals surface area contributed by atoms with Crippen LogP contribution in [-0.2, 0) is 11.3 Å². The Kier molecular flexibility index (Phi) is 6.86. The van der Waals surface area contributed by atoms with E-state index in [2.05, 4.69) is 19.2 Å². The molecule has 2 aromatic carbocycles. The standard InChI is InChI=1S/C23H27FN2O3/c1-16-4-3-5-17(2)26(16)22(27)15-29-21-12-8-19(9-13-21)23(28)25-14-18-6-10-20(24)11-7-18/h6-13,16-17H,3-5,14-15H2,1-2H3,(H,25,28). The molecule has 0 aliphatic carbocycles. The number of carbonyl (C=O) groups excluding carboxylic acids is 2. The molecule has 5 nitrogen and oxygen atoms in total. The van der Waals surface area contributed by atoms with Crippen molar-refractivity contribution in [1.29, 1.82) is 0 Å². The zero-order valence-electron chi connectivity index (χ0n) is 16.9. The maximum absolute atomic E-state index is 12.9.